The molecule has 1 rings (SSSR count). The fraction of sp³-hybridized carbons (Fsp3) is 0.571. The van der Waals surface area contributed by atoms with E-state index in [4.69, 9.17) is 4.74 Å². The molecule has 0 saturated heterocycles. The molecular formula is C14H23NO2S. The molecule has 1 N–H and O–H groups in total. The van der Waals surface area contributed by atoms with E-state index in [1.54, 1.807) is 0 Å². The maximum atomic E-state index is 9.88. The molecule has 0 fully saturated rings. The van der Waals surface area contributed by atoms with Crippen molar-refractivity contribution in [3.8, 4) is 5.75 Å². The van der Waals surface area contributed by atoms with Crippen LogP contribution >= 0.6 is 11.8 Å². The number of aliphatic hydroxyl groups excluding tert-OH is 1. The lowest BCUT2D eigenvalue weighted by molar-refractivity contribution is 0.0781. The number of rotatable bonds is 8. The molecule has 0 heterocycles. The fourth-order valence-electron chi connectivity index (χ4n) is 1.65. The summed E-state index contributed by atoms with van der Waals surface area (Å²) in [6, 6.07) is 7.88. The highest BCUT2D eigenvalue weighted by molar-refractivity contribution is 7.98. The number of thioether (sulfide) groups is 1. The van der Waals surface area contributed by atoms with Crippen molar-refractivity contribution in [1.82, 2.24) is 4.90 Å². The van der Waals surface area contributed by atoms with Crippen molar-refractivity contribution in [3.63, 3.8) is 0 Å². The predicted octanol–water partition coefficient (Wildman–Crippen LogP) is 2.03. The normalized spacial score (nSPS) is 12.7. The number of likely N-dealkylation sites (N-methyl/N-ethyl adjacent to an activating group) is 1. The molecule has 0 aliphatic rings. The van der Waals surface area contributed by atoms with Crippen LogP contribution in [0.5, 0.6) is 5.75 Å². The zero-order valence-electron chi connectivity index (χ0n) is 11.4. The van der Waals surface area contributed by atoms with Gasteiger partial charge in [-0.1, -0.05) is 12.1 Å². The molecule has 0 aromatic heterocycles. The van der Waals surface area contributed by atoms with E-state index < -0.39 is 6.10 Å². The zero-order chi connectivity index (χ0) is 13.4. The first-order valence-corrected chi connectivity index (χ1v) is 7.56. The minimum atomic E-state index is -0.447. The summed E-state index contributed by atoms with van der Waals surface area (Å²) in [6.45, 7) is 4.00. The highest BCUT2D eigenvalue weighted by Gasteiger charge is 2.08. The van der Waals surface area contributed by atoms with Crippen LogP contribution in [-0.4, -0.2) is 54.9 Å². The lowest BCUT2D eigenvalue weighted by Crippen LogP contribution is -2.34. The SMILES string of the molecule is CSCCN(C)CC(O)COc1cccc(C)c1. The van der Waals surface area contributed by atoms with Crippen molar-refractivity contribution >= 4 is 11.8 Å². The number of nitrogens with zero attached hydrogens (tertiary/aromatic N) is 1. The Hall–Kier alpha value is -0.710. The van der Waals surface area contributed by atoms with Gasteiger partial charge in [-0.05, 0) is 37.9 Å². The van der Waals surface area contributed by atoms with Gasteiger partial charge in [0, 0.05) is 18.8 Å². The Balaban J connectivity index is 2.26. The summed E-state index contributed by atoms with van der Waals surface area (Å²) in [7, 11) is 2.02. The second-order valence-corrected chi connectivity index (χ2v) is 5.52. The summed E-state index contributed by atoms with van der Waals surface area (Å²) in [5, 5.41) is 9.88. The smallest absolute Gasteiger partial charge is 0.119 e. The average molecular weight is 269 g/mol. The van der Waals surface area contributed by atoms with Gasteiger partial charge in [-0.3, -0.25) is 0 Å². The van der Waals surface area contributed by atoms with Gasteiger partial charge < -0.3 is 14.7 Å². The van der Waals surface area contributed by atoms with Crippen molar-refractivity contribution in [2.45, 2.75) is 13.0 Å². The molecule has 3 nitrogen and oxygen atoms in total. The molecule has 0 aliphatic heterocycles. The van der Waals surface area contributed by atoms with E-state index in [0.29, 0.717) is 13.2 Å². The van der Waals surface area contributed by atoms with Crippen molar-refractivity contribution in [2.24, 2.45) is 0 Å². The van der Waals surface area contributed by atoms with Gasteiger partial charge in [-0.2, -0.15) is 11.8 Å². The quantitative estimate of drug-likeness (QED) is 0.783. The van der Waals surface area contributed by atoms with Crippen LogP contribution in [0.3, 0.4) is 0 Å². The first kappa shape index (κ1) is 15.3. The molecule has 18 heavy (non-hydrogen) atoms. The Kier molecular flexibility index (Phi) is 7.16. The largest absolute Gasteiger partial charge is 0.491 e. The van der Waals surface area contributed by atoms with Gasteiger partial charge in [-0.15, -0.1) is 0 Å². The first-order chi connectivity index (χ1) is 8.61. The topological polar surface area (TPSA) is 32.7 Å². The van der Waals surface area contributed by atoms with Gasteiger partial charge >= 0.3 is 0 Å². The summed E-state index contributed by atoms with van der Waals surface area (Å²) in [5.41, 5.74) is 1.17. The van der Waals surface area contributed by atoms with Crippen molar-refractivity contribution in [1.29, 1.82) is 0 Å². The van der Waals surface area contributed by atoms with Crippen LogP contribution in [0.1, 0.15) is 5.56 Å². The maximum Gasteiger partial charge on any atom is 0.119 e. The molecule has 1 unspecified atom stereocenters. The summed E-state index contributed by atoms with van der Waals surface area (Å²) < 4.78 is 5.57. The van der Waals surface area contributed by atoms with E-state index in [0.717, 1.165) is 18.0 Å². The molecule has 0 bridgehead atoms. The van der Waals surface area contributed by atoms with Gasteiger partial charge in [0.15, 0.2) is 0 Å². The second kappa shape index (κ2) is 8.40. The van der Waals surface area contributed by atoms with Crippen molar-refractivity contribution in [3.05, 3.63) is 29.8 Å². The Morgan fingerprint density at radius 2 is 2.22 bits per heavy atom. The summed E-state index contributed by atoms with van der Waals surface area (Å²) in [5.74, 6) is 1.91. The molecule has 0 amide bonds. The predicted molar refractivity (Wildman–Crippen MR) is 78.6 cm³/mol. The highest BCUT2D eigenvalue weighted by atomic mass is 32.2. The average Bonchev–Trinajstić information content (AvgIpc) is 2.34. The van der Waals surface area contributed by atoms with Crippen LogP contribution in [0, 0.1) is 6.92 Å². The van der Waals surface area contributed by atoms with Crippen molar-refractivity contribution in [2.75, 3.05) is 38.8 Å². The number of ether oxygens (including phenoxy) is 1. The molecule has 4 heteroatoms. The van der Waals surface area contributed by atoms with E-state index in [-0.39, 0.29) is 0 Å². The molecule has 0 aliphatic carbocycles. The lowest BCUT2D eigenvalue weighted by atomic mass is 10.2. The van der Waals surface area contributed by atoms with Crippen LogP contribution < -0.4 is 4.74 Å². The number of aliphatic hydroxyl groups is 1. The van der Waals surface area contributed by atoms with E-state index in [2.05, 4.69) is 11.2 Å². The van der Waals surface area contributed by atoms with Gasteiger partial charge in [0.1, 0.15) is 18.5 Å². The fourth-order valence-corrected chi connectivity index (χ4v) is 2.14. The van der Waals surface area contributed by atoms with Crippen molar-refractivity contribution < 1.29 is 9.84 Å². The molecule has 1 aromatic carbocycles. The highest BCUT2D eigenvalue weighted by Crippen LogP contribution is 2.12. The first-order valence-electron chi connectivity index (χ1n) is 6.17. The second-order valence-electron chi connectivity index (χ2n) is 4.54. The molecule has 102 valence electrons. The number of hydrogen-bond acceptors (Lipinski definition) is 4. The minimum Gasteiger partial charge on any atom is -0.491 e. The molecule has 0 radical (unpaired) electrons. The number of hydrogen-bond donors (Lipinski definition) is 1. The van der Waals surface area contributed by atoms with Gasteiger partial charge in [0.25, 0.3) is 0 Å². The van der Waals surface area contributed by atoms with E-state index in [9.17, 15) is 5.11 Å². The van der Waals surface area contributed by atoms with Crippen LogP contribution in [-0.2, 0) is 0 Å². The lowest BCUT2D eigenvalue weighted by Gasteiger charge is -2.20. The van der Waals surface area contributed by atoms with Crippen LogP contribution in [0.15, 0.2) is 24.3 Å². The number of aryl methyl sites for hydroxylation is 1. The third kappa shape index (κ3) is 6.28. The standard InChI is InChI=1S/C14H23NO2S/c1-12-5-4-6-14(9-12)17-11-13(16)10-15(2)7-8-18-3/h4-6,9,13,16H,7-8,10-11H2,1-3H3. The summed E-state index contributed by atoms with van der Waals surface area (Å²) in [4.78, 5) is 2.13. The Morgan fingerprint density at radius 1 is 1.44 bits per heavy atom. The molecular weight excluding hydrogens is 246 g/mol. The van der Waals surface area contributed by atoms with E-state index in [1.165, 1.54) is 5.56 Å². The minimum absolute atomic E-state index is 0.340. The summed E-state index contributed by atoms with van der Waals surface area (Å²) >= 11 is 1.81. The Labute approximate surface area is 114 Å². The van der Waals surface area contributed by atoms with Gasteiger partial charge in [-0.25, -0.2) is 0 Å². The Morgan fingerprint density at radius 3 is 2.89 bits per heavy atom. The monoisotopic (exact) mass is 269 g/mol. The molecule has 1 aromatic rings. The molecule has 0 saturated carbocycles. The van der Waals surface area contributed by atoms with E-state index >= 15 is 0 Å². The third-order valence-corrected chi connectivity index (χ3v) is 3.22. The Bertz CT molecular complexity index is 346. The zero-order valence-corrected chi connectivity index (χ0v) is 12.2. The maximum absolute atomic E-state index is 9.88. The summed E-state index contributed by atoms with van der Waals surface area (Å²) in [6.07, 6.45) is 1.64. The number of benzene rings is 1. The van der Waals surface area contributed by atoms with Crippen LogP contribution in [0.25, 0.3) is 0 Å². The third-order valence-electron chi connectivity index (χ3n) is 2.63. The van der Waals surface area contributed by atoms with Crippen LogP contribution in [0.2, 0.25) is 0 Å². The molecule has 1 atom stereocenters. The van der Waals surface area contributed by atoms with Gasteiger partial charge in [0.2, 0.25) is 0 Å². The van der Waals surface area contributed by atoms with Crippen LogP contribution in [0.4, 0.5) is 0 Å². The van der Waals surface area contributed by atoms with E-state index in [1.807, 2.05) is 50.0 Å². The van der Waals surface area contributed by atoms with Gasteiger partial charge in [0.05, 0.1) is 0 Å². The molecule has 0 spiro atoms.